The number of hydrogen-bond donors (Lipinski definition) is 0. The van der Waals surface area contributed by atoms with Crippen LogP contribution in [0, 0.1) is 10.8 Å². The van der Waals surface area contributed by atoms with Crippen molar-refractivity contribution in [2.75, 3.05) is 14.2 Å². The molecule has 5 nitrogen and oxygen atoms in total. The van der Waals surface area contributed by atoms with Gasteiger partial charge in [-0.2, -0.15) is 0 Å². The minimum absolute atomic E-state index is 0.0847. The first kappa shape index (κ1) is 14.5. The smallest absolute Gasteiger partial charge is 0.323 e. The lowest BCUT2D eigenvalue weighted by Gasteiger charge is -2.25. The number of carbonyl (C=O) groups excluding carboxylic acids is 3. The highest BCUT2D eigenvalue weighted by atomic mass is 127. The zero-order valence-electron chi connectivity index (χ0n) is 11.0. The first-order valence-corrected chi connectivity index (χ1v) is 6.98. The van der Waals surface area contributed by atoms with E-state index >= 15 is 0 Å². The van der Waals surface area contributed by atoms with E-state index in [1.54, 1.807) is 0 Å². The van der Waals surface area contributed by atoms with Crippen LogP contribution in [-0.4, -0.2) is 31.9 Å². The van der Waals surface area contributed by atoms with E-state index in [0.29, 0.717) is 10.0 Å². The minimum atomic E-state index is -1.30. The molecule has 0 bridgehead atoms. The third-order valence-electron chi connectivity index (χ3n) is 4.11. The summed E-state index contributed by atoms with van der Waals surface area (Å²) in [6.45, 7) is 1.92. The van der Waals surface area contributed by atoms with E-state index in [2.05, 4.69) is 0 Å². The molecule has 0 spiro atoms. The summed E-state index contributed by atoms with van der Waals surface area (Å²) in [5, 5.41) is 0. The molecule has 1 unspecified atom stereocenters. The van der Waals surface area contributed by atoms with E-state index in [4.69, 9.17) is 9.47 Å². The summed E-state index contributed by atoms with van der Waals surface area (Å²) >= 11 is 2.00. The Kier molecular flexibility index (Phi) is 3.49. The lowest BCUT2D eigenvalue weighted by atomic mass is 9.79. The maximum Gasteiger partial charge on any atom is 0.323 e. The van der Waals surface area contributed by atoms with Gasteiger partial charge < -0.3 is 9.47 Å². The molecule has 1 fully saturated rings. The number of hydrogen-bond acceptors (Lipinski definition) is 5. The summed E-state index contributed by atoms with van der Waals surface area (Å²) in [5.74, 6) is -1.08. The molecule has 0 aliphatic heterocycles. The van der Waals surface area contributed by atoms with Crippen LogP contribution in [0.4, 0.5) is 0 Å². The van der Waals surface area contributed by atoms with Gasteiger partial charge in [0.15, 0.2) is 11.2 Å². The fourth-order valence-corrected chi connectivity index (χ4v) is 4.26. The Morgan fingerprint density at radius 1 is 1.16 bits per heavy atom. The summed E-state index contributed by atoms with van der Waals surface area (Å²) in [6, 6.07) is 0. The van der Waals surface area contributed by atoms with Crippen molar-refractivity contribution in [3.05, 3.63) is 9.15 Å². The van der Waals surface area contributed by atoms with Gasteiger partial charge in [-0.1, -0.05) is 6.92 Å². The van der Waals surface area contributed by atoms with Gasteiger partial charge in [0.05, 0.1) is 17.8 Å². The number of allylic oxidation sites excluding steroid dienone is 2. The van der Waals surface area contributed by atoms with Crippen molar-refractivity contribution in [1.29, 1.82) is 0 Å². The summed E-state index contributed by atoms with van der Waals surface area (Å²) in [7, 11) is 2.52. The van der Waals surface area contributed by atoms with Crippen LogP contribution in [0.5, 0.6) is 0 Å². The summed E-state index contributed by atoms with van der Waals surface area (Å²) in [4.78, 5) is 35.9. The second-order valence-corrected chi connectivity index (χ2v) is 6.45. The molecule has 19 heavy (non-hydrogen) atoms. The molecule has 2 rings (SSSR count). The Bertz CT molecular complexity index is 491. The predicted octanol–water partition coefficient (Wildman–Crippen LogP) is 1.78. The van der Waals surface area contributed by atoms with Gasteiger partial charge in [-0.15, -0.1) is 0 Å². The third kappa shape index (κ3) is 1.91. The van der Waals surface area contributed by atoms with Gasteiger partial charge in [-0.25, -0.2) is 0 Å². The zero-order valence-corrected chi connectivity index (χ0v) is 13.2. The number of rotatable bonds is 2. The van der Waals surface area contributed by atoms with Crippen molar-refractivity contribution in [1.82, 2.24) is 0 Å². The topological polar surface area (TPSA) is 69.7 Å². The van der Waals surface area contributed by atoms with Gasteiger partial charge in [0.1, 0.15) is 0 Å². The van der Waals surface area contributed by atoms with E-state index in [0.717, 1.165) is 5.57 Å². The standard InChI is InChI=1S/C13H15IO5/c1-12-5-8(15)9(14)7(12)4-13(6-12,10(16)18-2)11(17)19-3/h4-6H2,1-3H3. The highest BCUT2D eigenvalue weighted by Crippen LogP contribution is 2.60. The van der Waals surface area contributed by atoms with Gasteiger partial charge in [-0.3, -0.25) is 14.4 Å². The van der Waals surface area contributed by atoms with E-state index in [1.165, 1.54) is 14.2 Å². The Labute approximate surface area is 124 Å². The number of ketones is 1. The van der Waals surface area contributed by atoms with Crippen molar-refractivity contribution in [3.8, 4) is 0 Å². The van der Waals surface area contributed by atoms with Gasteiger partial charge in [0, 0.05) is 6.42 Å². The molecule has 6 heteroatoms. The van der Waals surface area contributed by atoms with Crippen molar-refractivity contribution in [2.45, 2.75) is 26.2 Å². The predicted molar refractivity (Wildman–Crippen MR) is 74.5 cm³/mol. The highest BCUT2D eigenvalue weighted by molar-refractivity contribution is 14.1. The normalized spacial score (nSPS) is 28.3. The number of esters is 2. The molecule has 0 radical (unpaired) electrons. The molecular weight excluding hydrogens is 363 g/mol. The van der Waals surface area contributed by atoms with Crippen LogP contribution in [0.1, 0.15) is 26.2 Å². The van der Waals surface area contributed by atoms with Crippen molar-refractivity contribution in [3.63, 3.8) is 0 Å². The van der Waals surface area contributed by atoms with E-state index in [9.17, 15) is 14.4 Å². The Morgan fingerprint density at radius 3 is 2.11 bits per heavy atom. The van der Waals surface area contributed by atoms with Crippen LogP contribution in [0.15, 0.2) is 9.15 Å². The molecule has 0 aromatic rings. The lowest BCUT2D eigenvalue weighted by molar-refractivity contribution is -0.169. The SMILES string of the molecule is COC(=O)C1(C(=O)OC)CC2=C(I)C(=O)CC2(C)C1. The number of fused-ring (bicyclic) bond motifs is 1. The van der Waals surface area contributed by atoms with Crippen LogP contribution in [-0.2, 0) is 23.9 Å². The summed E-state index contributed by atoms with van der Waals surface area (Å²) in [5.41, 5.74) is -0.852. The number of methoxy groups -OCH3 is 2. The summed E-state index contributed by atoms with van der Waals surface area (Å²) < 4.78 is 10.2. The van der Waals surface area contributed by atoms with Crippen LogP contribution in [0.25, 0.3) is 0 Å². The molecule has 0 saturated heterocycles. The van der Waals surface area contributed by atoms with Gasteiger partial charge >= 0.3 is 11.9 Å². The average molecular weight is 378 g/mol. The number of halogens is 1. The lowest BCUT2D eigenvalue weighted by Crippen LogP contribution is -2.40. The molecule has 1 saturated carbocycles. The number of carbonyl (C=O) groups is 3. The monoisotopic (exact) mass is 378 g/mol. The summed E-state index contributed by atoms with van der Waals surface area (Å²) in [6.07, 6.45) is 0.829. The molecule has 0 aromatic carbocycles. The molecule has 104 valence electrons. The maximum atomic E-state index is 12.1. The molecular formula is C13H15IO5. The van der Waals surface area contributed by atoms with E-state index < -0.39 is 22.8 Å². The van der Waals surface area contributed by atoms with Gasteiger partial charge in [0.2, 0.25) is 0 Å². The molecule has 0 heterocycles. The number of Topliss-reactive ketones (excluding diaryl/α,β-unsaturated/α-hetero) is 1. The third-order valence-corrected chi connectivity index (χ3v) is 5.36. The maximum absolute atomic E-state index is 12.1. The van der Waals surface area contributed by atoms with E-state index in [1.807, 2.05) is 29.5 Å². The average Bonchev–Trinajstić information content (AvgIpc) is 2.79. The second-order valence-electron chi connectivity index (χ2n) is 5.37. The van der Waals surface area contributed by atoms with Crippen LogP contribution >= 0.6 is 22.6 Å². The van der Waals surface area contributed by atoms with Crippen LogP contribution in [0.2, 0.25) is 0 Å². The van der Waals surface area contributed by atoms with Gasteiger partial charge in [0.25, 0.3) is 0 Å². The minimum Gasteiger partial charge on any atom is -0.468 e. The zero-order chi connectivity index (χ0) is 14.4. The molecule has 2 aliphatic carbocycles. The van der Waals surface area contributed by atoms with E-state index in [-0.39, 0.29) is 18.6 Å². The molecule has 0 amide bonds. The highest BCUT2D eigenvalue weighted by Gasteiger charge is 2.62. The quantitative estimate of drug-likeness (QED) is 0.416. The molecule has 1 atom stereocenters. The molecule has 2 aliphatic rings. The van der Waals surface area contributed by atoms with Crippen molar-refractivity contribution in [2.24, 2.45) is 10.8 Å². The fraction of sp³-hybridized carbons (Fsp3) is 0.615. The van der Waals surface area contributed by atoms with Crippen LogP contribution < -0.4 is 0 Å². The Hall–Kier alpha value is -0.920. The Morgan fingerprint density at radius 2 is 1.68 bits per heavy atom. The van der Waals surface area contributed by atoms with Crippen molar-refractivity contribution >= 4 is 40.3 Å². The largest absolute Gasteiger partial charge is 0.468 e. The number of ether oxygens (including phenoxy) is 2. The van der Waals surface area contributed by atoms with Crippen LogP contribution in [0.3, 0.4) is 0 Å². The molecule has 0 N–H and O–H groups in total. The first-order valence-electron chi connectivity index (χ1n) is 5.90. The first-order chi connectivity index (χ1) is 8.80. The second kappa shape index (κ2) is 4.57. The van der Waals surface area contributed by atoms with Gasteiger partial charge in [-0.05, 0) is 46.4 Å². The Balaban J connectivity index is 2.50. The fourth-order valence-electron chi connectivity index (χ4n) is 3.23. The molecule has 0 aromatic heterocycles. The van der Waals surface area contributed by atoms with Crippen molar-refractivity contribution < 1.29 is 23.9 Å².